The number of rotatable bonds is 5. The van der Waals surface area contributed by atoms with E-state index in [1.807, 2.05) is 42.5 Å². The molecule has 0 saturated carbocycles. The minimum atomic E-state index is -4.56. The minimum Gasteiger partial charge on any atom is -0.381 e. The standard InChI is InChI=1S/C12H15N2O4P/c13-12(18-19(15,16)17)8-14-11-7-3-5-9-4-1-2-6-10(9)11/h1-7,12,14H,8,13H2,(H2,15,16,17). The molecule has 0 aliphatic carbocycles. The molecule has 0 fully saturated rings. The Balaban J connectivity index is 2.08. The van der Waals surface area contributed by atoms with E-state index >= 15 is 0 Å². The Labute approximate surface area is 110 Å². The highest BCUT2D eigenvalue weighted by molar-refractivity contribution is 7.46. The Morgan fingerprint density at radius 1 is 1.21 bits per heavy atom. The number of fused-ring (bicyclic) bond motifs is 1. The van der Waals surface area contributed by atoms with Gasteiger partial charge in [0.2, 0.25) is 0 Å². The average Bonchev–Trinajstić information content (AvgIpc) is 2.34. The van der Waals surface area contributed by atoms with E-state index in [1.165, 1.54) is 0 Å². The molecule has 2 aromatic carbocycles. The van der Waals surface area contributed by atoms with Crippen LogP contribution in [-0.2, 0) is 9.09 Å². The zero-order chi connectivity index (χ0) is 13.9. The van der Waals surface area contributed by atoms with Gasteiger partial charge in [-0.3, -0.25) is 4.52 Å². The SMILES string of the molecule is NC(CNc1cccc2ccccc12)OP(=O)(O)O. The number of hydrogen-bond acceptors (Lipinski definition) is 4. The fraction of sp³-hybridized carbons (Fsp3) is 0.167. The summed E-state index contributed by atoms with van der Waals surface area (Å²) in [6.45, 7) is 0.0963. The van der Waals surface area contributed by atoms with Crippen molar-refractivity contribution in [1.29, 1.82) is 0 Å². The van der Waals surface area contributed by atoms with E-state index in [0.29, 0.717) is 0 Å². The van der Waals surface area contributed by atoms with E-state index in [4.69, 9.17) is 15.5 Å². The van der Waals surface area contributed by atoms with Crippen molar-refractivity contribution < 1.29 is 18.9 Å². The van der Waals surface area contributed by atoms with Crippen LogP contribution in [0.4, 0.5) is 5.69 Å². The number of anilines is 1. The first-order valence-electron chi connectivity index (χ1n) is 5.67. The fourth-order valence-corrected chi connectivity index (χ4v) is 2.23. The summed E-state index contributed by atoms with van der Waals surface area (Å²) in [5.74, 6) is 0. The molecule has 0 spiro atoms. The molecular formula is C12H15N2O4P. The molecule has 0 saturated heterocycles. The molecular weight excluding hydrogens is 267 g/mol. The summed E-state index contributed by atoms with van der Waals surface area (Å²) < 4.78 is 15.0. The van der Waals surface area contributed by atoms with Crippen LogP contribution in [0.1, 0.15) is 0 Å². The van der Waals surface area contributed by atoms with Crippen molar-refractivity contribution in [1.82, 2.24) is 0 Å². The maximum absolute atomic E-state index is 10.6. The topological polar surface area (TPSA) is 105 Å². The zero-order valence-corrected chi connectivity index (χ0v) is 11.0. The largest absolute Gasteiger partial charge is 0.471 e. The maximum atomic E-state index is 10.6. The summed E-state index contributed by atoms with van der Waals surface area (Å²) >= 11 is 0. The molecule has 6 nitrogen and oxygen atoms in total. The van der Waals surface area contributed by atoms with Gasteiger partial charge in [0.05, 0.1) is 6.54 Å². The van der Waals surface area contributed by atoms with Crippen LogP contribution in [0.15, 0.2) is 42.5 Å². The molecule has 102 valence electrons. The van der Waals surface area contributed by atoms with Crippen molar-refractivity contribution in [2.45, 2.75) is 6.23 Å². The molecule has 0 bridgehead atoms. The number of nitrogens with two attached hydrogens (primary N) is 1. The molecule has 0 aliphatic heterocycles. The van der Waals surface area contributed by atoms with E-state index in [1.54, 1.807) is 0 Å². The first-order valence-corrected chi connectivity index (χ1v) is 7.20. The zero-order valence-electron chi connectivity index (χ0n) is 10.1. The average molecular weight is 282 g/mol. The maximum Gasteiger partial charge on any atom is 0.471 e. The van der Waals surface area contributed by atoms with Gasteiger partial charge in [-0.05, 0) is 11.5 Å². The minimum absolute atomic E-state index is 0.0963. The van der Waals surface area contributed by atoms with Gasteiger partial charge in [0.1, 0.15) is 6.23 Å². The predicted molar refractivity (Wildman–Crippen MR) is 73.5 cm³/mol. The van der Waals surface area contributed by atoms with Gasteiger partial charge in [-0.2, -0.15) is 0 Å². The highest BCUT2D eigenvalue weighted by atomic mass is 31.2. The fourth-order valence-electron chi connectivity index (χ4n) is 1.80. The van der Waals surface area contributed by atoms with E-state index in [2.05, 4.69) is 9.84 Å². The third-order valence-corrected chi connectivity index (χ3v) is 3.10. The van der Waals surface area contributed by atoms with Crippen molar-refractivity contribution in [3.8, 4) is 0 Å². The summed E-state index contributed by atoms with van der Waals surface area (Å²) in [6.07, 6.45) is -1.08. The summed E-state index contributed by atoms with van der Waals surface area (Å²) in [5, 5.41) is 5.09. The van der Waals surface area contributed by atoms with Gasteiger partial charge >= 0.3 is 7.82 Å². The molecule has 1 atom stereocenters. The summed E-state index contributed by atoms with van der Waals surface area (Å²) in [7, 11) is -4.56. The smallest absolute Gasteiger partial charge is 0.381 e. The molecule has 2 rings (SSSR count). The Morgan fingerprint density at radius 2 is 1.89 bits per heavy atom. The van der Waals surface area contributed by atoms with Gasteiger partial charge in [0, 0.05) is 11.1 Å². The number of hydrogen-bond donors (Lipinski definition) is 4. The predicted octanol–water partition coefficient (Wildman–Crippen LogP) is 1.65. The van der Waals surface area contributed by atoms with Crippen molar-refractivity contribution in [3.63, 3.8) is 0 Å². The Kier molecular flexibility index (Phi) is 4.19. The molecule has 1 unspecified atom stereocenters. The molecule has 5 N–H and O–H groups in total. The molecule has 19 heavy (non-hydrogen) atoms. The first kappa shape index (κ1) is 14.0. The van der Waals surface area contributed by atoms with Crippen molar-refractivity contribution in [2.24, 2.45) is 5.73 Å². The van der Waals surface area contributed by atoms with Crippen molar-refractivity contribution in [3.05, 3.63) is 42.5 Å². The monoisotopic (exact) mass is 282 g/mol. The Bertz CT molecular complexity index is 608. The van der Waals surface area contributed by atoms with Crippen LogP contribution in [-0.4, -0.2) is 22.6 Å². The molecule has 2 aromatic rings. The lowest BCUT2D eigenvalue weighted by atomic mass is 10.1. The lowest BCUT2D eigenvalue weighted by Gasteiger charge is -2.16. The molecule has 0 heterocycles. The highest BCUT2D eigenvalue weighted by Gasteiger charge is 2.19. The second kappa shape index (κ2) is 5.69. The van der Waals surface area contributed by atoms with E-state index in [9.17, 15) is 4.57 Å². The Morgan fingerprint density at radius 3 is 2.63 bits per heavy atom. The molecule has 0 radical (unpaired) electrons. The molecule has 0 amide bonds. The summed E-state index contributed by atoms with van der Waals surface area (Å²) in [6, 6.07) is 13.5. The van der Waals surface area contributed by atoms with Crippen molar-refractivity contribution in [2.75, 3.05) is 11.9 Å². The highest BCUT2D eigenvalue weighted by Crippen LogP contribution is 2.36. The normalized spacial score (nSPS) is 13.4. The number of phosphoric acid groups is 1. The molecule has 0 aliphatic rings. The van der Waals surface area contributed by atoms with E-state index in [0.717, 1.165) is 16.5 Å². The first-order chi connectivity index (χ1) is 8.96. The van der Waals surface area contributed by atoms with Gasteiger partial charge in [-0.15, -0.1) is 0 Å². The number of phosphoric ester groups is 1. The van der Waals surface area contributed by atoms with Crippen LogP contribution in [0.2, 0.25) is 0 Å². The molecule has 0 aromatic heterocycles. The van der Waals surface area contributed by atoms with Crippen LogP contribution in [0.25, 0.3) is 10.8 Å². The van der Waals surface area contributed by atoms with Crippen LogP contribution >= 0.6 is 7.82 Å². The van der Waals surface area contributed by atoms with Gasteiger partial charge in [0.25, 0.3) is 0 Å². The third-order valence-electron chi connectivity index (χ3n) is 2.56. The lowest BCUT2D eigenvalue weighted by molar-refractivity contribution is 0.145. The quantitative estimate of drug-likeness (QED) is 0.491. The van der Waals surface area contributed by atoms with Gasteiger partial charge < -0.3 is 20.8 Å². The third kappa shape index (κ3) is 4.02. The van der Waals surface area contributed by atoms with E-state index < -0.39 is 14.1 Å². The Hall–Kier alpha value is -1.43. The molecule has 7 heteroatoms. The summed E-state index contributed by atoms with van der Waals surface area (Å²) in [5.41, 5.74) is 6.31. The van der Waals surface area contributed by atoms with Crippen molar-refractivity contribution >= 4 is 24.3 Å². The lowest BCUT2D eigenvalue weighted by Crippen LogP contribution is -2.31. The van der Waals surface area contributed by atoms with Crippen LogP contribution in [0.5, 0.6) is 0 Å². The number of benzene rings is 2. The van der Waals surface area contributed by atoms with Crippen LogP contribution in [0, 0.1) is 0 Å². The van der Waals surface area contributed by atoms with Crippen LogP contribution in [0.3, 0.4) is 0 Å². The second-order valence-electron chi connectivity index (χ2n) is 4.04. The second-order valence-corrected chi connectivity index (χ2v) is 5.23. The number of nitrogens with one attached hydrogen (secondary N) is 1. The van der Waals surface area contributed by atoms with Gasteiger partial charge in [-0.1, -0.05) is 36.4 Å². The summed E-state index contributed by atoms with van der Waals surface area (Å²) in [4.78, 5) is 17.3. The van der Waals surface area contributed by atoms with Gasteiger partial charge in [0.15, 0.2) is 0 Å². The van der Waals surface area contributed by atoms with E-state index in [-0.39, 0.29) is 6.54 Å². The van der Waals surface area contributed by atoms with Crippen LogP contribution < -0.4 is 11.1 Å². The van der Waals surface area contributed by atoms with Gasteiger partial charge in [-0.25, -0.2) is 4.57 Å².